The van der Waals surface area contributed by atoms with Crippen LogP contribution in [0.2, 0.25) is 5.02 Å². The highest BCUT2D eigenvalue weighted by molar-refractivity contribution is 6.30. The first kappa shape index (κ1) is 14.8. The summed E-state index contributed by atoms with van der Waals surface area (Å²) in [6, 6.07) is 8.12. The molecule has 1 unspecified atom stereocenters. The molecule has 0 aliphatic heterocycles. The highest BCUT2D eigenvalue weighted by Crippen LogP contribution is 2.37. The van der Waals surface area contributed by atoms with Crippen LogP contribution in [0.25, 0.3) is 0 Å². The standard InChI is InChI=1S/C16H24ClNO/c1-18(2)11-15(12-7-9-13(17)10-8-12)14-5-3-4-6-16(14)19/h7-10,14-16,19H,3-6,11H2,1-2H3/t14-,15?,16-/m1/s1. The van der Waals surface area contributed by atoms with Gasteiger partial charge in [-0.3, -0.25) is 0 Å². The molecule has 106 valence electrons. The van der Waals surface area contributed by atoms with Crippen LogP contribution in [0.5, 0.6) is 0 Å². The maximum Gasteiger partial charge on any atom is 0.0574 e. The third-order valence-corrected chi connectivity index (χ3v) is 4.41. The van der Waals surface area contributed by atoms with Crippen LogP contribution in [0.15, 0.2) is 24.3 Å². The van der Waals surface area contributed by atoms with E-state index in [1.165, 1.54) is 12.0 Å². The van der Waals surface area contributed by atoms with E-state index in [9.17, 15) is 5.11 Å². The summed E-state index contributed by atoms with van der Waals surface area (Å²) in [5.74, 6) is 0.764. The third kappa shape index (κ3) is 3.95. The number of likely N-dealkylation sites (N-methyl/N-ethyl adjacent to an activating group) is 1. The van der Waals surface area contributed by atoms with E-state index in [-0.39, 0.29) is 6.10 Å². The molecule has 1 fully saturated rings. The molecule has 0 bridgehead atoms. The minimum atomic E-state index is -0.158. The Kier molecular flexibility index (Phi) is 5.26. The smallest absolute Gasteiger partial charge is 0.0574 e. The van der Waals surface area contributed by atoms with Crippen molar-refractivity contribution in [3.8, 4) is 0 Å². The third-order valence-electron chi connectivity index (χ3n) is 4.16. The van der Waals surface area contributed by atoms with Crippen LogP contribution in [-0.2, 0) is 0 Å². The second-order valence-electron chi connectivity index (χ2n) is 5.94. The minimum absolute atomic E-state index is 0.158. The van der Waals surface area contributed by atoms with Gasteiger partial charge in [0.1, 0.15) is 0 Å². The molecule has 0 aromatic heterocycles. The lowest BCUT2D eigenvalue weighted by atomic mass is 9.75. The molecular weight excluding hydrogens is 258 g/mol. The summed E-state index contributed by atoms with van der Waals surface area (Å²) >= 11 is 5.98. The van der Waals surface area contributed by atoms with Crippen molar-refractivity contribution < 1.29 is 5.11 Å². The van der Waals surface area contributed by atoms with Crippen LogP contribution in [0.1, 0.15) is 37.2 Å². The van der Waals surface area contributed by atoms with Crippen molar-refractivity contribution in [2.75, 3.05) is 20.6 Å². The fourth-order valence-electron chi connectivity index (χ4n) is 3.20. The van der Waals surface area contributed by atoms with Crippen molar-refractivity contribution >= 4 is 11.6 Å². The average molecular weight is 282 g/mol. The van der Waals surface area contributed by atoms with Gasteiger partial charge in [-0.25, -0.2) is 0 Å². The lowest BCUT2D eigenvalue weighted by Crippen LogP contribution is -2.35. The molecule has 1 N–H and O–H groups in total. The number of nitrogens with zero attached hydrogens (tertiary/aromatic N) is 1. The minimum Gasteiger partial charge on any atom is -0.393 e. The Balaban J connectivity index is 2.21. The topological polar surface area (TPSA) is 23.5 Å². The van der Waals surface area contributed by atoms with E-state index in [0.717, 1.165) is 30.8 Å². The molecule has 2 rings (SSSR count). The number of hydrogen-bond acceptors (Lipinski definition) is 2. The predicted octanol–water partition coefficient (Wildman–Crippen LogP) is 3.54. The summed E-state index contributed by atoms with van der Waals surface area (Å²) in [7, 11) is 4.19. The molecule has 0 spiro atoms. The molecule has 0 heterocycles. The number of aliphatic hydroxyl groups excluding tert-OH is 1. The Hall–Kier alpha value is -0.570. The molecule has 2 nitrogen and oxygen atoms in total. The molecule has 1 aliphatic carbocycles. The van der Waals surface area contributed by atoms with E-state index in [1.807, 2.05) is 12.1 Å². The zero-order chi connectivity index (χ0) is 13.8. The van der Waals surface area contributed by atoms with Crippen molar-refractivity contribution in [2.24, 2.45) is 5.92 Å². The first-order chi connectivity index (χ1) is 9.08. The lowest BCUT2D eigenvalue weighted by molar-refractivity contribution is 0.0494. The molecule has 3 heteroatoms. The summed E-state index contributed by atoms with van der Waals surface area (Å²) in [5.41, 5.74) is 1.30. The maximum atomic E-state index is 10.3. The quantitative estimate of drug-likeness (QED) is 0.913. The SMILES string of the molecule is CN(C)CC(c1ccc(Cl)cc1)[C@H]1CCCC[C@H]1O. The summed E-state index contributed by atoms with van der Waals surface area (Å²) in [6.07, 6.45) is 4.31. The van der Waals surface area contributed by atoms with Crippen LogP contribution < -0.4 is 0 Å². The molecule has 1 aromatic carbocycles. The summed E-state index contributed by atoms with van der Waals surface area (Å²) < 4.78 is 0. The van der Waals surface area contributed by atoms with Gasteiger partial charge in [-0.1, -0.05) is 36.6 Å². The molecule has 1 aromatic rings. The van der Waals surface area contributed by atoms with Crippen molar-refractivity contribution in [3.63, 3.8) is 0 Å². The second kappa shape index (κ2) is 6.74. The van der Waals surface area contributed by atoms with Gasteiger partial charge in [0.2, 0.25) is 0 Å². The van der Waals surface area contributed by atoms with Crippen molar-refractivity contribution in [1.29, 1.82) is 0 Å². The Labute approximate surface area is 121 Å². The average Bonchev–Trinajstić information content (AvgIpc) is 2.38. The Morgan fingerprint density at radius 2 is 1.84 bits per heavy atom. The van der Waals surface area contributed by atoms with Crippen molar-refractivity contribution in [1.82, 2.24) is 4.90 Å². The van der Waals surface area contributed by atoms with Crippen LogP contribution >= 0.6 is 11.6 Å². The van der Waals surface area contributed by atoms with Gasteiger partial charge in [0, 0.05) is 17.5 Å². The van der Waals surface area contributed by atoms with E-state index in [1.54, 1.807) is 0 Å². The molecule has 1 saturated carbocycles. The van der Waals surface area contributed by atoms with Gasteiger partial charge < -0.3 is 10.0 Å². The van der Waals surface area contributed by atoms with Crippen LogP contribution in [0.3, 0.4) is 0 Å². The molecular formula is C16H24ClNO. The van der Waals surface area contributed by atoms with E-state index in [4.69, 9.17) is 11.6 Å². The van der Waals surface area contributed by atoms with E-state index in [2.05, 4.69) is 31.1 Å². The fraction of sp³-hybridized carbons (Fsp3) is 0.625. The van der Waals surface area contributed by atoms with Gasteiger partial charge in [-0.05, 0) is 50.6 Å². The highest BCUT2D eigenvalue weighted by atomic mass is 35.5. The molecule has 0 amide bonds. The van der Waals surface area contributed by atoms with Gasteiger partial charge in [-0.15, -0.1) is 0 Å². The number of rotatable bonds is 4. The van der Waals surface area contributed by atoms with Crippen LogP contribution in [-0.4, -0.2) is 36.8 Å². The van der Waals surface area contributed by atoms with Gasteiger partial charge in [0.25, 0.3) is 0 Å². The Bertz CT molecular complexity index is 390. The van der Waals surface area contributed by atoms with Crippen LogP contribution in [0.4, 0.5) is 0 Å². The lowest BCUT2D eigenvalue weighted by Gasteiger charge is -2.36. The molecule has 3 atom stereocenters. The van der Waals surface area contributed by atoms with Crippen molar-refractivity contribution in [3.05, 3.63) is 34.9 Å². The van der Waals surface area contributed by atoms with Crippen LogP contribution in [0, 0.1) is 5.92 Å². The predicted molar refractivity (Wildman–Crippen MR) is 80.7 cm³/mol. The second-order valence-corrected chi connectivity index (χ2v) is 6.37. The first-order valence-corrected chi connectivity index (χ1v) is 7.54. The van der Waals surface area contributed by atoms with Gasteiger partial charge in [0.15, 0.2) is 0 Å². The van der Waals surface area contributed by atoms with Gasteiger partial charge in [-0.2, -0.15) is 0 Å². The number of benzene rings is 1. The molecule has 0 saturated heterocycles. The number of hydrogen-bond donors (Lipinski definition) is 1. The zero-order valence-electron chi connectivity index (χ0n) is 11.8. The fourth-order valence-corrected chi connectivity index (χ4v) is 3.33. The monoisotopic (exact) mass is 281 g/mol. The number of aliphatic hydroxyl groups is 1. The molecule has 19 heavy (non-hydrogen) atoms. The first-order valence-electron chi connectivity index (χ1n) is 7.16. The summed E-state index contributed by atoms with van der Waals surface area (Å²) in [5, 5.41) is 11.1. The summed E-state index contributed by atoms with van der Waals surface area (Å²) in [4.78, 5) is 2.21. The Morgan fingerprint density at radius 1 is 1.21 bits per heavy atom. The maximum absolute atomic E-state index is 10.3. The normalized spacial score (nSPS) is 25.5. The number of halogens is 1. The highest BCUT2D eigenvalue weighted by Gasteiger charge is 2.31. The van der Waals surface area contributed by atoms with E-state index < -0.39 is 0 Å². The molecule has 1 aliphatic rings. The summed E-state index contributed by atoms with van der Waals surface area (Å²) in [6.45, 7) is 0.976. The van der Waals surface area contributed by atoms with E-state index in [0.29, 0.717) is 11.8 Å². The Morgan fingerprint density at radius 3 is 2.42 bits per heavy atom. The molecule has 0 radical (unpaired) electrons. The zero-order valence-corrected chi connectivity index (χ0v) is 12.6. The largest absolute Gasteiger partial charge is 0.393 e. The van der Waals surface area contributed by atoms with Gasteiger partial charge in [0.05, 0.1) is 6.10 Å². The van der Waals surface area contributed by atoms with Crippen molar-refractivity contribution in [2.45, 2.75) is 37.7 Å². The van der Waals surface area contributed by atoms with Gasteiger partial charge >= 0.3 is 0 Å². The van der Waals surface area contributed by atoms with E-state index >= 15 is 0 Å².